The number of nitrogen functional groups attached to an aromatic ring is 1. The lowest BCUT2D eigenvalue weighted by atomic mass is 9.98. The van der Waals surface area contributed by atoms with Crippen molar-refractivity contribution in [1.82, 2.24) is 10.3 Å². The van der Waals surface area contributed by atoms with Crippen LogP contribution in [0.1, 0.15) is 36.0 Å². The van der Waals surface area contributed by atoms with Crippen LogP contribution in [-0.4, -0.2) is 17.4 Å². The molecular weight excluding hydrogens is 226 g/mol. The quantitative estimate of drug-likeness (QED) is 0.831. The standard InChI is InChI=1S/C14H19N3O/c15-13-7-11(5-6-16-13)14(18)17-8-12(9-1-2-9)10-3-4-10/h5-7,9-10,12H,1-4,8H2,(H2,15,16)(H,17,18). The molecule has 1 aromatic heterocycles. The molecular formula is C14H19N3O. The SMILES string of the molecule is Nc1cc(C(=O)NCC(C2CC2)C2CC2)ccn1. The van der Waals surface area contributed by atoms with E-state index < -0.39 is 0 Å². The molecule has 0 aromatic carbocycles. The van der Waals surface area contributed by atoms with Gasteiger partial charge in [-0.15, -0.1) is 0 Å². The Kier molecular flexibility index (Phi) is 2.94. The van der Waals surface area contributed by atoms with E-state index >= 15 is 0 Å². The Hall–Kier alpha value is -1.58. The summed E-state index contributed by atoms with van der Waals surface area (Å²) in [6, 6.07) is 3.33. The molecule has 2 fully saturated rings. The summed E-state index contributed by atoms with van der Waals surface area (Å²) in [4.78, 5) is 15.9. The number of carbonyl (C=O) groups is 1. The first-order valence-corrected chi connectivity index (χ1v) is 6.74. The molecule has 0 aliphatic heterocycles. The third-order valence-corrected chi connectivity index (χ3v) is 4.00. The molecule has 1 amide bonds. The van der Waals surface area contributed by atoms with Crippen LogP contribution in [-0.2, 0) is 0 Å². The maximum atomic E-state index is 12.0. The monoisotopic (exact) mass is 245 g/mol. The number of amides is 1. The first-order valence-electron chi connectivity index (χ1n) is 6.74. The molecule has 18 heavy (non-hydrogen) atoms. The average Bonchev–Trinajstić information content (AvgIpc) is 3.23. The molecule has 0 spiro atoms. The minimum Gasteiger partial charge on any atom is -0.384 e. The number of anilines is 1. The molecule has 0 atom stereocenters. The Morgan fingerprint density at radius 1 is 1.39 bits per heavy atom. The van der Waals surface area contributed by atoms with Gasteiger partial charge in [0.15, 0.2) is 0 Å². The number of nitrogens with one attached hydrogen (secondary N) is 1. The fourth-order valence-corrected chi connectivity index (χ4v) is 2.67. The Bertz CT molecular complexity index is 440. The van der Waals surface area contributed by atoms with Crippen molar-refractivity contribution in [3.05, 3.63) is 23.9 Å². The van der Waals surface area contributed by atoms with Crippen molar-refractivity contribution in [3.63, 3.8) is 0 Å². The number of rotatable bonds is 5. The van der Waals surface area contributed by atoms with Gasteiger partial charge in [-0.1, -0.05) is 0 Å². The van der Waals surface area contributed by atoms with Gasteiger partial charge in [0.1, 0.15) is 5.82 Å². The predicted molar refractivity (Wildman–Crippen MR) is 69.9 cm³/mol. The zero-order valence-electron chi connectivity index (χ0n) is 10.4. The zero-order chi connectivity index (χ0) is 12.5. The van der Waals surface area contributed by atoms with E-state index in [9.17, 15) is 4.79 Å². The Labute approximate surface area is 107 Å². The van der Waals surface area contributed by atoms with E-state index in [1.165, 1.54) is 25.7 Å². The van der Waals surface area contributed by atoms with Gasteiger partial charge >= 0.3 is 0 Å². The summed E-state index contributed by atoms with van der Waals surface area (Å²) >= 11 is 0. The van der Waals surface area contributed by atoms with Crippen LogP contribution >= 0.6 is 0 Å². The van der Waals surface area contributed by atoms with Gasteiger partial charge in [0.2, 0.25) is 0 Å². The molecule has 0 saturated heterocycles. The molecule has 0 unspecified atom stereocenters. The van der Waals surface area contributed by atoms with E-state index in [0.717, 1.165) is 18.4 Å². The van der Waals surface area contributed by atoms with E-state index in [2.05, 4.69) is 10.3 Å². The third kappa shape index (κ3) is 2.63. The van der Waals surface area contributed by atoms with Gasteiger partial charge in [0.05, 0.1) is 0 Å². The van der Waals surface area contributed by atoms with Crippen molar-refractivity contribution in [3.8, 4) is 0 Å². The highest BCUT2D eigenvalue weighted by Gasteiger charge is 2.41. The van der Waals surface area contributed by atoms with E-state index in [1.54, 1.807) is 18.3 Å². The molecule has 4 nitrogen and oxygen atoms in total. The highest BCUT2D eigenvalue weighted by atomic mass is 16.1. The number of hydrogen-bond acceptors (Lipinski definition) is 3. The molecule has 4 heteroatoms. The second-order valence-electron chi connectivity index (χ2n) is 5.52. The first-order chi connectivity index (χ1) is 8.74. The van der Waals surface area contributed by atoms with Gasteiger partial charge in [0.25, 0.3) is 5.91 Å². The Morgan fingerprint density at radius 3 is 2.61 bits per heavy atom. The van der Waals surface area contributed by atoms with Crippen molar-refractivity contribution in [1.29, 1.82) is 0 Å². The number of carbonyl (C=O) groups excluding carboxylic acids is 1. The lowest BCUT2D eigenvalue weighted by molar-refractivity contribution is 0.0943. The van der Waals surface area contributed by atoms with E-state index in [0.29, 0.717) is 17.3 Å². The topological polar surface area (TPSA) is 68.0 Å². The van der Waals surface area contributed by atoms with Crippen molar-refractivity contribution >= 4 is 11.7 Å². The van der Waals surface area contributed by atoms with Gasteiger partial charge in [-0.25, -0.2) is 4.98 Å². The van der Waals surface area contributed by atoms with Crippen molar-refractivity contribution < 1.29 is 4.79 Å². The van der Waals surface area contributed by atoms with E-state index in [-0.39, 0.29) is 5.91 Å². The lowest BCUT2D eigenvalue weighted by Crippen LogP contribution is -2.31. The van der Waals surface area contributed by atoms with Crippen LogP contribution < -0.4 is 11.1 Å². The lowest BCUT2D eigenvalue weighted by Gasteiger charge is -2.16. The number of nitrogens with two attached hydrogens (primary N) is 1. The maximum Gasteiger partial charge on any atom is 0.251 e. The van der Waals surface area contributed by atoms with Gasteiger partial charge < -0.3 is 11.1 Å². The molecule has 3 N–H and O–H groups in total. The molecule has 0 bridgehead atoms. The van der Waals surface area contributed by atoms with Crippen LogP contribution in [0.25, 0.3) is 0 Å². The van der Waals surface area contributed by atoms with Gasteiger partial charge in [-0.3, -0.25) is 4.79 Å². The molecule has 1 heterocycles. The van der Waals surface area contributed by atoms with Crippen LogP contribution in [0, 0.1) is 17.8 Å². The minimum absolute atomic E-state index is 0.0320. The van der Waals surface area contributed by atoms with Crippen molar-refractivity contribution in [2.24, 2.45) is 17.8 Å². The minimum atomic E-state index is -0.0320. The average molecular weight is 245 g/mol. The summed E-state index contributed by atoms with van der Waals surface area (Å²) in [5, 5.41) is 3.05. The summed E-state index contributed by atoms with van der Waals surface area (Å²) < 4.78 is 0. The van der Waals surface area contributed by atoms with Crippen LogP contribution in [0.2, 0.25) is 0 Å². The van der Waals surface area contributed by atoms with Crippen LogP contribution in [0.4, 0.5) is 5.82 Å². The van der Waals surface area contributed by atoms with Crippen molar-refractivity contribution in [2.45, 2.75) is 25.7 Å². The van der Waals surface area contributed by atoms with E-state index in [4.69, 9.17) is 5.73 Å². The summed E-state index contributed by atoms with van der Waals surface area (Å²) in [6.45, 7) is 0.816. The Morgan fingerprint density at radius 2 is 2.06 bits per heavy atom. The predicted octanol–water partition coefficient (Wildman–Crippen LogP) is 1.83. The molecule has 3 rings (SSSR count). The number of nitrogens with zero attached hydrogens (tertiary/aromatic N) is 1. The molecule has 96 valence electrons. The summed E-state index contributed by atoms with van der Waals surface area (Å²) in [6.07, 6.45) is 6.96. The zero-order valence-corrected chi connectivity index (χ0v) is 10.4. The molecule has 0 radical (unpaired) electrons. The Balaban J connectivity index is 1.57. The van der Waals surface area contributed by atoms with Gasteiger partial charge in [-0.2, -0.15) is 0 Å². The molecule has 2 aliphatic rings. The number of pyridine rings is 1. The first kappa shape index (κ1) is 11.5. The fraction of sp³-hybridized carbons (Fsp3) is 0.571. The largest absolute Gasteiger partial charge is 0.384 e. The highest BCUT2D eigenvalue weighted by Crippen LogP contribution is 2.48. The van der Waals surface area contributed by atoms with E-state index in [1.807, 2.05) is 0 Å². The fourth-order valence-electron chi connectivity index (χ4n) is 2.67. The summed E-state index contributed by atoms with van der Waals surface area (Å²) in [7, 11) is 0. The molecule has 2 aliphatic carbocycles. The second-order valence-corrected chi connectivity index (χ2v) is 5.52. The van der Waals surface area contributed by atoms with Crippen LogP contribution in [0.5, 0.6) is 0 Å². The number of hydrogen-bond donors (Lipinski definition) is 2. The third-order valence-electron chi connectivity index (χ3n) is 4.00. The smallest absolute Gasteiger partial charge is 0.251 e. The van der Waals surface area contributed by atoms with Gasteiger partial charge in [-0.05, 0) is 55.6 Å². The molecule has 2 saturated carbocycles. The maximum absolute atomic E-state index is 12.0. The normalized spacial score (nSPS) is 18.9. The summed E-state index contributed by atoms with van der Waals surface area (Å²) in [5.41, 5.74) is 6.18. The molecule has 1 aromatic rings. The van der Waals surface area contributed by atoms with Crippen LogP contribution in [0.15, 0.2) is 18.3 Å². The van der Waals surface area contributed by atoms with Crippen LogP contribution in [0.3, 0.4) is 0 Å². The number of aromatic nitrogens is 1. The summed E-state index contributed by atoms with van der Waals surface area (Å²) in [5.74, 6) is 2.78. The second kappa shape index (κ2) is 4.59. The van der Waals surface area contributed by atoms with Crippen molar-refractivity contribution in [2.75, 3.05) is 12.3 Å². The van der Waals surface area contributed by atoms with Gasteiger partial charge in [0, 0.05) is 18.3 Å². The highest BCUT2D eigenvalue weighted by molar-refractivity contribution is 5.94.